The maximum atomic E-state index is 12.9. The fraction of sp³-hybridized carbons (Fsp3) is 0.409. The molecule has 0 radical (unpaired) electrons. The van der Waals surface area contributed by atoms with E-state index in [-0.39, 0.29) is 5.91 Å². The molecule has 4 nitrogen and oxygen atoms in total. The van der Waals surface area contributed by atoms with Crippen molar-refractivity contribution in [2.24, 2.45) is 0 Å². The second-order valence-corrected chi connectivity index (χ2v) is 7.52. The molecule has 27 heavy (non-hydrogen) atoms. The van der Waals surface area contributed by atoms with Crippen molar-refractivity contribution in [3.8, 4) is 5.75 Å². The number of nitrogens with one attached hydrogen (secondary N) is 1. The predicted molar refractivity (Wildman–Crippen MR) is 111 cm³/mol. The highest BCUT2D eigenvalue weighted by atomic mass is 35.5. The van der Waals surface area contributed by atoms with Crippen molar-refractivity contribution in [3.05, 3.63) is 65.2 Å². The van der Waals surface area contributed by atoms with Gasteiger partial charge in [0.05, 0.1) is 0 Å². The molecule has 0 aliphatic rings. The number of amides is 1. The molecule has 2 aromatic carbocycles. The van der Waals surface area contributed by atoms with Gasteiger partial charge in [-0.15, -0.1) is 0 Å². The Kier molecular flexibility index (Phi) is 8.14. The van der Waals surface area contributed by atoms with Crippen molar-refractivity contribution in [1.29, 1.82) is 0 Å². The van der Waals surface area contributed by atoms with Crippen LogP contribution in [-0.2, 0) is 4.79 Å². The third-order valence-corrected chi connectivity index (χ3v) is 4.66. The molecule has 0 aliphatic carbocycles. The summed E-state index contributed by atoms with van der Waals surface area (Å²) in [5.74, 6) is 0.493. The monoisotopic (exact) mass is 388 g/mol. The van der Waals surface area contributed by atoms with Gasteiger partial charge in [-0.05, 0) is 52.0 Å². The molecule has 0 fully saturated rings. The molecule has 1 amide bonds. The van der Waals surface area contributed by atoms with Crippen LogP contribution in [0.15, 0.2) is 54.6 Å². The van der Waals surface area contributed by atoms with Crippen molar-refractivity contribution in [1.82, 2.24) is 10.2 Å². The van der Waals surface area contributed by atoms with Gasteiger partial charge in [-0.3, -0.25) is 9.69 Å². The van der Waals surface area contributed by atoms with Gasteiger partial charge in [-0.1, -0.05) is 41.9 Å². The third-order valence-electron chi connectivity index (χ3n) is 4.40. The van der Waals surface area contributed by atoms with Crippen LogP contribution in [0, 0.1) is 0 Å². The van der Waals surface area contributed by atoms with Crippen molar-refractivity contribution in [2.75, 3.05) is 13.1 Å². The van der Waals surface area contributed by atoms with Gasteiger partial charge >= 0.3 is 0 Å². The first-order valence-electron chi connectivity index (χ1n) is 9.39. The zero-order chi connectivity index (χ0) is 19.8. The van der Waals surface area contributed by atoms with Gasteiger partial charge in [0, 0.05) is 35.8 Å². The maximum absolute atomic E-state index is 12.9. The summed E-state index contributed by atoms with van der Waals surface area (Å²) in [6.07, 6.45) is -0.726. The Morgan fingerprint density at radius 3 is 2.15 bits per heavy atom. The van der Waals surface area contributed by atoms with E-state index in [9.17, 15) is 4.79 Å². The van der Waals surface area contributed by atoms with Crippen LogP contribution in [0.3, 0.4) is 0 Å². The molecule has 0 spiro atoms. The summed E-state index contributed by atoms with van der Waals surface area (Å²) in [7, 11) is 0. The van der Waals surface area contributed by atoms with Crippen LogP contribution in [0.5, 0.6) is 5.75 Å². The molecule has 0 bridgehead atoms. The highest BCUT2D eigenvalue weighted by Crippen LogP contribution is 2.23. The number of carbonyl (C=O) groups is 1. The molecule has 5 heteroatoms. The van der Waals surface area contributed by atoms with Crippen LogP contribution in [0.2, 0.25) is 5.02 Å². The van der Waals surface area contributed by atoms with Crippen LogP contribution >= 0.6 is 11.6 Å². The van der Waals surface area contributed by atoms with Crippen LogP contribution in [0.25, 0.3) is 0 Å². The molecule has 1 atom stereocenters. The normalized spacial score (nSPS) is 12.4. The smallest absolute Gasteiger partial charge is 0.265 e. The van der Waals surface area contributed by atoms with Gasteiger partial charge in [0.1, 0.15) is 5.75 Å². The molecular weight excluding hydrogens is 360 g/mol. The van der Waals surface area contributed by atoms with Crippen LogP contribution in [-0.4, -0.2) is 36.0 Å². The SMILES string of the molecule is CC(C)N(CCNC(=O)C(Oc1ccccc1)c1ccc(Cl)cc1)C(C)C. The van der Waals surface area contributed by atoms with Crippen LogP contribution < -0.4 is 10.1 Å². The number of hydrogen-bond acceptors (Lipinski definition) is 3. The fourth-order valence-corrected chi connectivity index (χ4v) is 3.19. The van der Waals surface area contributed by atoms with E-state index in [4.69, 9.17) is 16.3 Å². The van der Waals surface area contributed by atoms with Gasteiger partial charge in [-0.25, -0.2) is 0 Å². The number of carbonyl (C=O) groups excluding carboxylic acids is 1. The molecule has 1 unspecified atom stereocenters. The van der Waals surface area contributed by atoms with Gasteiger partial charge in [0.25, 0.3) is 5.91 Å². The molecule has 1 N–H and O–H groups in total. The Labute approximate surface area is 167 Å². The number of halogens is 1. The summed E-state index contributed by atoms with van der Waals surface area (Å²) in [6, 6.07) is 17.4. The number of hydrogen-bond donors (Lipinski definition) is 1. The van der Waals surface area contributed by atoms with Gasteiger partial charge < -0.3 is 10.1 Å². The molecule has 2 aromatic rings. The summed E-state index contributed by atoms with van der Waals surface area (Å²) in [4.78, 5) is 15.2. The Morgan fingerprint density at radius 2 is 1.59 bits per heavy atom. The highest BCUT2D eigenvalue weighted by Gasteiger charge is 2.23. The van der Waals surface area contributed by atoms with E-state index in [2.05, 4.69) is 37.9 Å². The Morgan fingerprint density at radius 1 is 1.00 bits per heavy atom. The minimum absolute atomic E-state index is 0.159. The summed E-state index contributed by atoms with van der Waals surface area (Å²) in [5.41, 5.74) is 0.769. The quantitative estimate of drug-likeness (QED) is 0.677. The van der Waals surface area contributed by atoms with E-state index in [0.29, 0.717) is 29.4 Å². The molecule has 2 rings (SSSR count). The van der Waals surface area contributed by atoms with Crippen LogP contribution in [0.1, 0.15) is 39.4 Å². The van der Waals surface area contributed by atoms with E-state index in [1.807, 2.05) is 42.5 Å². The van der Waals surface area contributed by atoms with E-state index in [1.54, 1.807) is 12.1 Å². The first kappa shape index (κ1) is 21.3. The standard InChI is InChI=1S/C22H29ClN2O2/c1-16(2)25(17(3)4)15-14-24-22(26)21(18-10-12-19(23)13-11-18)27-20-8-6-5-7-9-20/h5-13,16-17,21H,14-15H2,1-4H3,(H,24,26). The lowest BCUT2D eigenvalue weighted by Crippen LogP contribution is -2.43. The Balaban J connectivity index is 2.08. The number of nitrogens with zero attached hydrogens (tertiary/aromatic N) is 1. The number of benzene rings is 2. The Hall–Kier alpha value is -2.04. The average Bonchev–Trinajstić information content (AvgIpc) is 2.64. The fourth-order valence-electron chi connectivity index (χ4n) is 3.06. The molecule has 0 aliphatic heterocycles. The first-order chi connectivity index (χ1) is 12.9. The van der Waals surface area contributed by atoms with Gasteiger partial charge in [-0.2, -0.15) is 0 Å². The van der Waals surface area contributed by atoms with Crippen molar-refractivity contribution in [3.63, 3.8) is 0 Å². The minimum Gasteiger partial charge on any atom is -0.476 e. The zero-order valence-corrected chi connectivity index (χ0v) is 17.2. The maximum Gasteiger partial charge on any atom is 0.265 e. The summed E-state index contributed by atoms with van der Waals surface area (Å²) in [5, 5.41) is 3.64. The molecule has 0 saturated heterocycles. The largest absolute Gasteiger partial charge is 0.476 e. The van der Waals surface area contributed by atoms with Crippen molar-refractivity contribution >= 4 is 17.5 Å². The van der Waals surface area contributed by atoms with E-state index in [1.165, 1.54) is 0 Å². The summed E-state index contributed by atoms with van der Waals surface area (Å²) < 4.78 is 5.99. The molecule has 0 saturated carbocycles. The lowest BCUT2D eigenvalue weighted by atomic mass is 10.1. The van der Waals surface area contributed by atoms with Gasteiger partial charge in [0.2, 0.25) is 6.10 Å². The Bertz CT molecular complexity index is 694. The number of ether oxygens (including phenoxy) is 1. The number of para-hydroxylation sites is 1. The number of rotatable bonds is 9. The first-order valence-corrected chi connectivity index (χ1v) is 9.77. The topological polar surface area (TPSA) is 41.6 Å². The van der Waals surface area contributed by atoms with E-state index < -0.39 is 6.10 Å². The van der Waals surface area contributed by atoms with E-state index in [0.717, 1.165) is 12.1 Å². The van der Waals surface area contributed by atoms with Gasteiger partial charge in [0.15, 0.2) is 0 Å². The second kappa shape index (κ2) is 10.3. The van der Waals surface area contributed by atoms with Crippen LogP contribution in [0.4, 0.5) is 0 Å². The zero-order valence-electron chi connectivity index (χ0n) is 16.5. The van der Waals surface area contributed by atoms with Crippen molar-refractivity contribution < 1.29 is 9.53 Å². The summed E-state index contributed by atoms with van der Waals surface area (Å²) in [6.45, 7) is 10.0. The summed E-state index contributed by atoms with van der Waals surface area (Å²) >= 11 is 5.99. The van der Waals surface area contributed by atoms with Crippen molar-refractivity contribution in [2.45, 2.75) is 45.9 Å². The van der Waals surface area contributed by atoms with E-state index >= 15 is 0 Å². The minimum atomic E-state index is -0.726. The molecular formula is C22H29ClN2O2. The predicted octanol–water partition coefficient (Wildman–Crippen LogP) is 4.70. The molecule has 0 aromatic heterocycles. The molecule has 0 heterocycles. The lowest BCUT2D eigenvalue weighted by molar-refractivity contribution is -0.128. The third kappa shape index (κ3) is 6.56. The average molecular weight is 389 g/mol. The lowest BCUT2D eigenvalue weighted by Gasteiger charge is -2.30. The highest BCUT2D eigenvalue weighted by molar-refractivity contribution is 6.30. The molecule has 146 valence electrons. The second-order valence-electron chi connectivity index (χ2n) is 7.08.